The molecule has 1 aliphatic rings. The van der Waals surface area contributed by atoms with E-state index in [0.717, 1.165) is 19.4 Å². The summed E-state index contributed by atoms with van der Waals surface area (Å²) in [6.45, 7) is 5.50. The van der Waals surface area contributed by atoms with E-state index < -0.39 is 0 Å². The van der Waals surface area contributed by atoms with Crippen LogP contribution in [0.15, 0.2) is 0 Å². The highest BCUT2D eigenvalue weighted by Gasteiger charge is 2.31. The first kappa shape index (κ1) is 14.9. The minimum absolute atomic E-state index is 0.0272. The number of amides is 2. The second-order valence-electron chi connectivity index (χ2n) is 4.99. The molecule has 6 heteroatoms. The van der Waals surface area contributed by atoms with Crippen LogP contribution in [0.4, 0.5) is 0 Å². The molecular formula is C12H24N4O2. The predicted octanol–water partition coefficient (Wildman–Crippen LogP) is -0.541. The lowest BCUT2D eigenvalue weighted by Gasteiger charge is -2.38. The molecule has 0 spiro atoms. The molecule has 0 bridgehead atoms. The van der Waals surface area contributed by atoms with Gasteiger partial charge >= 0.3 is 0 Å². The molecule has 1 heterocycles. The maximum Gasteiger partial charge on any atom is 0.238 e. The van der Waals surface area contributed by atoms with Gasteiger partial charge in [-0.15, -0.1) is 0 Å². The minimum Gasteiger partial charge on any atom is -0.359 e. The Kier molecular flexibility index (Phi) is 5.55. The van der Waals surface area contributed by atoms with Crippen LogP contribution in [0.1, 0.15) is 26.7 Å². The van der Waals surface area contributed by atoms with Crippen molar-refractivity contribution in [1.29, 1.82) is 0 Å². The minimum atomic E-state index is -0.182. The molecule has 1 fully saturated rings. The Labute approximate surface area is 108 Å². The van der Waals surface area contributed by atoms with Crippen LogP contribution < -0.4 is 16.6 Å². The zero-order valence-electron chi connectivity index (χ0n) is 11.4. The standard InChI is InChI=1S/C12H24N4O2/c1-8(11(17)15-13)9(2)16-6-4-5-10(7-16)12(18)14-3/h8-10H,4-7,13H2,1-3H3,(H,14,18)(H,15,17). The number of hydrogen-bond donors (Lipinski definition) is 3. The molecule has 18 heavy (non-hydrogen) atoms. The predicted molar refractivity (Wildman–Crippen MR) is 69.3 cm³/mol. The molecule has 1 aliphatic heterocycles. The van der Waals surface area contributed by atoms with Crippen molar-refractivity contribution in [3.63, 3.8) is 0 Å². The second kappa shape index (κ2) is 6.70. The molecule has 0 radical (unpaired) electrons. The number of carbonyl (C=O) groups is 2. The zero-order valence-corrected chi connectivity index (χ0v) is 11.4. The fourth-order valence-corrected chi connectivity index (χ4v) is 2.46. The number of piperidine rings is 1. The summed E-state index contributed by atoms with van der Waals surface area (Å²) in [6, 6.07) is 0.0843. The first-order valence-corrected chi connectivity index (χ1v) is 6.47. The Hall–Kier alpha value is -1.14. The van der Waals surface area contributed by atoms with Crippen molar-refractivity contribution in [3.05, 3.63) is 0 Å². The normalized spacial score (nSPS) is 24.1. The van der Waals surface area contributed by atoms with Gasteiger partial charge in [0.05, 0.1) is 11.8 Å². The van der Waals surface area contributed by atoms with Gasteiger partial charge in [0, 0.05) is 19.6 Å². The van der Waals surface area contributed by atoms with Crippen LogP contribution in [0, 0.1) is 11.8 Å². The zero-order chi connectivity index (χ0) is 13.7. The van der Waals surface area contributed by atoms with Crippen LogP contribution >= 0.6 is 0 Å². The van der Waals surface area contributed by atoms with E-state index in [-0.39, 0.29) is 29.7 Å². The fraction of sp³-hybridized carbons (Fsp3) is 0.833. The Morgan fingerprint density at radius 1 is 1.39 bits per heavy atom. The molecule has 2 amide bonds. The topological polar surface area (TPSA) is 87.5 Å². The summed E-state index contributed by atoms with van der Waals surface area (Å²) < 4.78 is 0. The molecule has 1 saturated heterocycles. The van der Waals surface area contributed by atoms with E-state index in [1.807, 2.05) is 13.8 Å². The van der Waals surface area contributed by atoms with Gasteiger partial charge < -0.3 is 5.32 Å². The molecule has 4 N–H and O–H groups in total. The number of hydrazine groups is 1. The third-order valence-electron chi connectivity index (χ3n) is 3.93. The quantitative estimate of drug-likeness (QED) is 0.358. The Morgan fingerprint density at radius 2 is 2.06 bits per heavy atom. The molecule has 0 aromatic carbocycles. The van der Waals surface area contributed by atoms with Gasteiger partial charge in [-0.25, -0.2) is 5.84 Å². The number of likely N-dealkylation sites (tertiary alicyclic amines) is 1. The lowest BCUT2D eigenvalue weighted by Crippen LogP contribution is -2.51. The van der Waals surface area contributed by atoms with Gasteiger partial charge in [-0.2, -0.15) is 0 Å². The maximum absolute atomic E-state index is 11.7. The maximum atomic E-state index is 11.7. The van der Waals surface area contributed by atoms with Crippen LogP contribution in [-0.4, -0.2) is 42.9 Å². The number of hydrogen-bond acceptors (Lipinski definition) is 4. The molecule has 3 unspecified atom stereocenters. The van der Waals surface area contributed by atoms with Crippen molar-refractivity contribution < 1.29 is 9.59 Å². The molecule has 3 atom stereocenters. The molecule has 0 aromatic rings. The van der Waals surface area contributed by atoms with E-state index in [1.165, 1.54) is 0 Å². The monoisotopic (exact) mass is 256 g/mol. The van der Waals surface area contributed by atoms with Crippen molar-refractivity contribution in [2.24, 2.45) is 17.7 Å². The molecule has 104 valence electrons. The van der Waals surface area contributed by atoms with E-state index in [9.17, 15) is 9.59 Å². The van der Waals surface area contributed by atoms with E-state index >= 15 is 0 Å². The van der Waals surface area contributed by atoms with E-state index in [2.05, 4.69) is 15.6 Å². The van der Waals surface area contributed by atoms with Crippen LogP contribution in [0.3, 0.4) is 0 Å². The van der Waals surface area contributed by atoms with Crippen molar-refractivity contribution >= 4 is 11.8 Å². The number of nitrogens with one attached hydrogen (secondary N) is 2. The van der Waals surface area contributed by atoms with E-state index in [1.54, 1.807) is 7.05 Å². The largest absolute Gasteiger partial charge is 0.359 e. The van der Waals surface area contributed by atoms with Crippen LogP contribution in [-0.2, 0) is 9.59 Å². The van der Waals surface area contributed by atoms with Gasteiger partial charge in [-0.05, 0) is 26.3 Å². The number of carbonyl (C=O) groups excluding carboxylic acids is 2. The van der Waals surface area contributed by atoms with Gasteiger partial charge in [0.25, 0.3) is 0 Å². The third-order valence-corrected chi connectivity index (χ3v) is 3.93. The van der Waals surface area contributed by atoms with Gasteiger partial charge in [-0.3, -0.25) is 19.9 Å². The Balaban J connectivity index is 2.60. The third kappa shape index (κ3) is 3.43. The summed E-state index contributed by atoms with van der Waals surface area (Å²) in [4.78, 5) is 25.4. The van der Waals surface area contributed by atoms with Crippen LogP contribution in [0.5, 0.6) is 0 Å². The van der Waals surface area contributed by atoms with E-state index in [0.29, 0.717) is 6.54 Å². The lowest BCUT2D eigenvalue weighted by molar-refractivity contribution is -0.128. The molecule has 6 nitrogen and oxygen atoms in total. The Bertz CT molecular complexity index is 294. The molecule has 1 rings (SSSR count). The summed E-state index contributed by atoms with van der Waals surface area (Å²) in [5.41, 5.74) is 2.18. The van der Waals surface area contributed by atoms with Gasteiger partial charge in [0.1, 0.15) is 0 Å². The first-order valence-electron chi connectivity index (χ1n) is 6.47. The average Bonchev–Trinajstić information content (AvgIpc) is 2.43. The molecular weight excluding hydrogens is 232 g/mol. The molecule has 0 aromatic heterocycles. The van der Waals surface area contributed by atoms with E-state index in [4.69, 9.17) is 5.84 Å². The van der Waals surface area contributed by atoms with Crippen LogP contribution in [0.2, 0.25) is 0 Å². The summed E-state index contributed by atoms with van der Waals surface area (Å²) >= 11 is 0. The highest BCUT2D eigenvalue weighted by molar-refractivity contribution is 5.79. The fourth-order valence-electron chi connectivity index (χ4n) is 2.46. The Morgan fingerprint density at radius 3 is 2.61 bits per heavy atom. The molecule has 0 aliphatic carbocycles. The number of rotatable bonds is 4. The van der Waals surface area contributed by atoms with Crippen LogP contribution in [0.25, 0.3) is 0 Å². The summed E-state index contributed by atoms with van der Waals surface area (Å²) in [5, 5.41) is 2.69. The van der Waals surface area contributed by atoms with Crippen molar-refractivity contribution in [2.45, 2.75) is 32.7 Å². The number of nitrogens with zero attached hydrogens (tertiary/aromatic N) is 1. The second-order valence-corrected chi connectivity index (χ2v) is 4.99. The SMILES string of the molecule is CNC(=O)C1CCCN(C(C)C(C)C(=O)NN)C1. The van der Waals surface area contributed by atoms with Crippen molar-refractivity contribution in [1.82, 2.24) is 15.6 Å². The number of nitrogens with two attached hydrogens (primary N) is 1. The molecule has 0 saturated carbocycles. The lowest BCUT2D eigenvalue weighted by atomic mass is 9.93. The van der Waals surface area contributed by atoms with Crippen molar-refractivity contribution in [2.75, 3.05) is 20.1 Å². The summed E-state index contributed by atoms with van der Waals surface area (Å²) in [5.74, 6) is 4.92. The highest BCUT2D eigenvalue weighted by atomic mass is 16.2. The van der Waals surface area contributed by atoms with Crippen molar-refractivity contribution in [3.8, 4) is 0 Å². The smallest absolute Gasteiger partial charge is 0.238 e. The average molecular weight is 256 g/mol. The summed E-state index contributed by atoms with van der Waals surface area (Å²) in [7, 11) is 1.66. The summed E-state index contributed by atoms with van der Waals surface area (Å²) in [6.07, 6.45) is 1.90. The van der Waals surface area contributed by atoms with Gasteiger partial charge in [-0.1, -0.05) is 6.92 Å². The van der Waals surface area contributed by atoms with Gasteiger partial charge in [0.2, 0.25) is 11.8 Å². The highest BCUT2D eigenvalue weighted by Crippen LogP contribution is 2.21. The first-order chi connectivity index (χ1) is 8.51. The van der Waals surface area contributed by atoms with Gasteiger partial charge in [0.15, 0.2) is 0 Å².